The molecule has 0 aliphatic heterocycles. The molecule has 4 heteroatoms. The summed E-state index contributed by atoms with van der Waals surface area (Å²) < 4.78 is 9.73. The lowest BCUT2D eigenvalue weighted by atomic mass is 11.1. The zero-order valence-electron chi connectivity index (χ0n) is 3.97. The van der Waals surface area contributed by atoms with Crippen LogP contribution in [-0.2, 0) is 9.40 Å². The molecule has 0 rings (SSSR count). The number of hydrogen-bond acceptors (Lipinski definition) is 3. The largest absolute Gasteiger partial charge is 0.401 e. The maximum Gasteiger partial charge on any atom is 0.233 e. The Kier molecular flexibility index (Phi) is 3.56. The molecular formula is C3H6NO2P. The molecule has 7 heavy (non-hydrogen) atoms. The van der Waals surface area contributed by atoms with Crippen LogP contribution in [0.1, 0.15) is 0 Å². The van der Waals surface area contributed by atoms with Gasteiger partial charge in [-0.3, -0.25) is 4.57 Å². The van der Waals surface area contributed by atoms with E-state index in [2.05, 4.69) is 16.9 Å². The minimum atomic E-state index is -0.185. The molecule has 0 aromatic heterocycles. The summed E-state index contributed by atoms with van der Waals surface area (Å²) in [5.41, 5.74) is 2.49. The summed E-state index contributed by atoms with van der Waals surface area (Å²) in [6, 6.07) is 0. The van der Waals surface area contributed by atoms with Crippen LogP contribution in [0.25, 0.3) is 0 Å². The third-order valence-corrected chi connectivity index (χ3v) is 0.617. The van der Waals surface area contributed by atoms with Crippen molar-refractivity contribution in [1.82, 2.24) is 5.48 Å². The lowest BCUT2D eigenvalue weighted by molar-refractivity contribution is 0.148. The second-order valence-corrected chi connectivity index (χ2v) is 1.47. The quantitative estimate of drug-likeness (QED) is 0.340. The minimum absolute atomic E-state index is 0.183. The van der Waals surface area contributed by atoms with E-state index in [1.807, 2.05) is 0 Å². The highest BCUT2D eigenvalue weighted by Crippen LogP contribution is 2.05. The number of rotatable bonds is 3. The molecule has 0 aliphatic rings. The summed E-state index contributed by atoms with van der Waals surface area (Å²) in [5, 5.41) is 0. The van der Waals surface area contributed by atoms with Crippen LogP contribution in [0.5, 0.6) is 0 Å². The Morgan fingerprint density at radius 1 is 2.00 bits per heavy atom. The van der Waals surface area contributed by atoms with Crippen LogP contribution in [0.2, 0.25) is 0 Å². The van der Waals surface area contributed by atoms with Gasteiger partial charge in [0.25, 0.3) is 0 Å². The molecule has 0 heterocycles. The van der Waals surface area contributed by atoms with Crippen molar-refractivity contribution in [2.24, 2.45) is 0 Å². The minimum Gasteiger partial charge on any atom is -0.401 e. The van der Waals surface area contributed by atoms with E-state index in [1.165, 1.54) is 0 Å². The summed E-state index contributed by atoms with van der Waals surface area (Å²) >= 11 is 0. The van der Waals surface area contributed by atoms with Crippen LogP contribution in [-0.4, -0.2) is 7.05 Å². The number of nitrogens with one attached hydrogen (secondary N) is 1. The summed E-state index contributed by atoms with van der Waals surface area (Å²) in [5.74, 6) is 0. The Hall–Kier alpha value is -0.400. The predicted octanol–water partition coefficient (Wildman–Crippen LogP) is 0.900. The fourth-order valence-corrected chi connectivity index (χ4v) is 0.265. The third kappa shape index (κ3) is 3.43. The molecule has 0 unspecified atom stereocenters. The smallest absolute Gasteiger partial charge is 0.233 e. The molecule has 3 nitrogen and oxygen atoms in total. The normalized spacial score (nSPS) is 8.71. The van der Waals surface area contributed by atoms with Crippen molar-refractivity contribution in [3.63, 3.8) is 0 Å². The highest BCUT2D eigenvalue weighted by atomic mass is 31.1. The Labute approximate surface area is 43.5 Å². The van der Waals surface area contributed by atoms with Crippen molar-refractivity contribution in [1.29, 1.82) is 0 Å². The zero-order chi connectivity index (χ0) is 5.70. The van der Waals surface area contributed by atoms with Crippen LogP contribution in [0.15, 0.2) is 12.1 Å². The maximum atomic E-state index is 9.73. The first-order chi connectivity index (χ1) is 3.31. The zero-order valence-corrected chi connectivity index (χ0v) is 4.87. The van der Waals surface area contributed by atoms with Crippen molar-refractivity contribution in [2.75, 3.05) is 7.05 Å². The highest BCUT2D eigenvalue weighted by Gasteiger charge is 1.85. The Balaban J connectivity index is 3.17. The van der Waals surface area contributed by atoms with Crippen LogP contribution < -0.4 is 5.48 Å². The Morgan fingerprint density at radius 2 is 2.57 bits per heavy atom. The van der Waals surface area contributed by atoms with E-state index in [4.69, 9.17) is 0 Å². The molecule has 0 aromatic rings. The fourth-order valence-electron chi connectivity index (χ4n) is 0.136. The van der Waals surface area contributed by atoms with Gasteiger partial charge in [-0.2, -0.15) is 5.48 Å². The van der Waals surface area contributed by atoms with Crippen LogP contribution in [0.4, 0.5) is 0 Å². The average molecular weight is 119 g/mol. The van der Waals surface area contributed by atoms with Gasteiger partial charge in [0.2, 0.25) is 14.0 Å². The van der Waals surface area contributed by atoms with Gasteiger partial charge in [-0.05, 0) is 6.58 Å². The first kappa shape index (κ1) is 6.60. The topological polar surface area (TPSA) is 38.3 Å². The number of hydrogen-bond donors (Lipinski definition) is 1. The van der Waals surface area contributed by atoms with Crippen molar-refractivity contribution >= 4 is 8.46 Å². The van der Waals surface area contributed by atoms with Crippen LogP contribution in [0.3, 0.4) is 0 Å². The Morgan fingerprint density at radius 3 is 2.71 bits per heavy atom. The van der Waals surface area contributed by atoms with E-state index in [9.17, 15) is 4.57 Å². The van der Waals surface area contributed by atoms with Gasteiger partial charge < -0.3 is 4.84 Å². The first-order valence-electron chi connectivity index (χ1n) is 1.67. The first-order valence-corrected chi connectivity index (χ1v) is 2.48. The molecule has 0 saturated heterocycles. The molecule has 0 atom stereocenters. The molecule has 0 radical (unpaired) electrons. The maximum absolute atomic E-state index is 9.73. The van der Waals surface area contributed by atoms with Crippen LogP contribution >= 0.6 is 8.46 Å². The predicted molar refractivity (Wildman–Crippen MR) is 26.9 cm³/mol. The van der Waals surface area contributed by atoms with Crippen molar-refractivity contribution in [3.8, 4) is 0 Å². The van der Waals surface area contributed by atoms with E-state index in [-0.39, 0.29) is 14.0 Å². The molecule has 0 aromatic carbocycles. The number of hydroxylamine groups is 1. The van der Waals surface area contributed by atoms with Crippen molar-refractivity contribution in [2.45, 2.75) is 0 Å². The van der Waals surface area contributed by atoms with Crippen molar-refractivity contribution in [3.05, 3.63) is 12.1 Å². The molecule has 0 bridgehead atoms. The fraction of sp³-hybridized carbons (Fsp3) is 0.333. The highest BCUT2D eigenvalue weighted by molar-refractivity contribution is 7.28. The second kappa shape index (κ2) is 3.78. The van der Waals surface area contributed by atoms with Gasteiger partial charge in [-0.25, -0.2) is 0 Å². The SMILES string of the molecule is C=C(ONC)P=O. The summed E-state index contributed by atoms with van der Waals surface area (Å²) in [6.07, 6.45) is 0. The molecule has 40 valence electrons. The molecule has 0 spiro atoms. The van der Waals surface area contributed by atoms with Crippen molar-refractivity contribution < 1.29 is 9.40 Å². The van der Waals surface area contributed by atoms with Gasteiger partial charge in [-0.1, -0.05) is 0 Å². The van der Waals surface area contributed by atoms with Gasteiger partial charge in [0, 0.05) is 7.05 Å². The van der Waals surface area contributed by atoms with E-state index < -0.39 is 0 Å². The lowest BCUT2D eigenvalue weighted by Crippen LogP contribution is -2.02. The second-order valence-electron chi connectivity index (χ2n) is 0.791. The lowest BCUT2D eigenvalue weighted by Gasteiger charge is -1.94. The Bertz CT molecular complexity index is 83.0. The van der Waals surface area contributed by atoms with Gasteiger partial charge in [-0.15, -0.1) is 0 Å². The van der Waals surface area contributed by atoms with Crippen LogP contribution in [0, 0.1) is 0 Å². The monoisotopic (exact) mass is 119 g/mol. The van der Waals surface area contributed by atoms with E-state index in [0.717, 1.165) is 0 Å². The molecular weight excluding hydrogens is 113 g/mol. The average Bonchev–Trinajstić information content (AvgIpc) is 1.68. The molecule has 0 fully saturated rings. The molecule has 0 aliphatic carbocycles. The molecule has 1 N–H and O–H groups in total. The third-order valence-electron chi connectivity index (χ3n) is 0.322. The van der Waals surface area contributed by atoms with Gasteiger partial charge in [0.15, 0.2) is 0 Å². The van der Waals surface area contributed by atoms with Gasteiger partial charge in [0.1, 0.15) is 0 Å². The van der Waals surface area contributed by atoms with E-state index >= 15 is 0 Å². The summed E-state index contributed by atoms with van der Waals surface area (Å²) in [4.78, 5) is 4.42. The van der Waals surface area contributed by atoms with Gasteiger partial charge >= 0.3 is 0 Å². The molecule has 0 amide bonds. The molecule has 0 saturated carbocycles. The standard InChI is InChI=1S/C3H6NO2P/c1-3(7-5)6-4-2/h4H,1H2,2H3. The van der Waals surface area contributed by atoms with Gasteiger partial charge in [0.05, 0.1) is 0 Å². The van der Waals surface area contributed by atoms with E-state index in [1.54, 1.807) is 7.05 Å². The summed E-state index contributed by atoms with van der Waals surface area (Å²) in [6.45, 7) is 3.25. The van der Waals surface area contributed by atoms with E-state index in [0.29, 0.717) is 0 Å². The summed E-state index contributed by atoms with van der Waals surface area (Å²) in [7, 11) is 1.38.